The Hall–Kier alpha value is -1.80. The number of benzene rings is 2. The minimum absolute atomic E-state index is 0.0544. The summed E-state index contributed by atoms with van der Waals surface area (Å²) in [5.41, 5.74) is 0.519. The molecule has 0 saturated carbocycles. The van der Waals surface area contributed by atoms with Crippen LogP contribution in [-0.2, 0) is 10.0 Å². The molecule has 0 aromatic heterocycles. The third-order valence-corrected chi connectivity index (χ3v) is 6.69. The number of anilines is 1. The number of hydrogen-bond acceptors (Lipinski definition) is 4. The van der Waals surface area contributed by atoms with E-state index >= 15 is 0 Å². The molecular formula is C18H20Cl2N2O4S. The molecule has 0 spiro atoms. The Balaban J connectivity index is 2.41. The maximum absolute atomic E-state index is 12.8. The summed E-state index contributed by atoms with van der Waals surface area (Å²) < 4.78 is 32.0. The van der Waals surface area contributed by atoms with Crippen molar-refractivity contribution in [1.29, 1.82) is 0 Å². The molecule has 0 aliphatic heterocycles. The zero-order valence-corrected chi connectivity index (χ0v) is 17.5. The average Bonchev–Trinajstić information content (AvgIpc) is 2.62. The molecule has 0 aliphatic carbocycles. The maximum Gasteiger partial charge on any atom is 0.255 e. The standard InChI is InChI=1S/C18H20Cl2N2O4S/c1-4-22(5-2)27(24,25)17-10-12(6-8-14(17)20)18(23)21-15-11-13(19)7-9-16(15)26-3/h6-11H,4-5H2,1-3H3,(H,21,23). The minimum Gasteiger partial charge on any atom is -0.495 e. The van der Waals surface area contributed by atoms with Crippen molar-refractivity contribution in [2.45, 2.75) is 18.7 Å². The van der Waals surface area contributed by atoms with Crippen molar-refractivity contribution in [1.82, 2.24) is 4.31 Å². The Morgan fingerprint density at radius 3 is 2.37 bits per heavy atom. The van der Waals surface area contributed by atoms with E-state index in [1.165, 1.54) is 29.6 Å². The van der Waals surface area contributed by atoms with Gasteiger partial charge in [-0.1, -0.05) is 37.0 Å². The summed E-state index contributed by atoms with van der Waals surface area (Å²) in [6.07, 6.45) is 0. The van der Waals surface area contributed by atoms with Gasteiger partial charge in [0.15, 0.2) is 0 Å². The van der Waals surface area contributed by atoms with Gasteiger partial charge in [-0.3, -0.25) is 4.79 Å². The first-order valence-corrected chi connectivity index (χ1v) is 10.4. The highest BCUT2D eigenvalue weighted by atomic mass is 35.5. The summed E-state index contributed by atoms with van der Waals surface area (Å²) in [7, 11) is -2.34. The second kappa shape index (κ2) is 8.93. The monoisotopic (exact) mass is 430 g/mol. The fourth-order valence-electron chi connectivity index (χ4n) is 2.52. The summed E-state index contributed by atoms with van der Waals surface area (Å²) in [6.45, 7) is 4.06. The van der Waals surface area contributed by atoms with Crippen molar-refractivity contribution in [2.75, 3.05) is 25.5 Å². The molecule has 0 bridgehead atoms. The lowest BCUT2D eigenvalue weighted by Gasteiger charge is -2.19. The van der Waals surface area contributed by atoms with Crippen molar-refractivity contribution in [3.8, 4) is 5.75 Å². The average molecular weight is 431 g/mol. The van der Waals surface area contributed by atoms with Gasteiger partial charge in [-0.25, -0.2) is 8.42 Å². The number of rotatable bonds is 7. The summed E-state index contributed by atoms with van der Waals surface area (Å²) in [6, 6.07) is 8.91. The molecule has 0 heterocycles. The van der Waals surface area contributed by atoms with E-state index in [1.54, 1.807) is 32.0 Å². The third-order valence-electron chi connectivity index (χ3n) is 3.93. The van der Waals surface area contributed by atoms with Crippen molar-refractivity contribution >= 4 is 44.8 Å². The Labute approximate surface area is 169 Å². The Kier molecular flexibility index (Phi) is 7.11. The van der Waals surface area contributed by atoms with Crippen LogP contribution in [0.5, 0.6) is 5.75 Å². The molecule has 27 heavy (non-hydrogen) atoms. The van der Waals surface area contributed by atoms with E-state index in [9.17, 15) is 13.2 Å². The molecule has 2 aromatic carbocycles. The van der Waals surface area contributed by atoms with Crippen LogP contribution in [0, 0.1) is 0 Å². The quantitative estimate of drug-likeness (QED) is 0.710. The molecule has 0 saturated heterocycles. The summed E-state index contributed by atoms with van der Waals surface area (Å²) >= 11 is 12.1. The number of nitrogens with one attached hydrogen (secondary N) is 1. The van der Waals surface area contributed by atoms with Crippen LogP contribution in [0.25, 0.3) is 0 Å². The fraction of sp³-hybridized carbons (Fsp3) is 0.278. The van der Waals surface area contributed by atoms with Crippen molar-refractivity contribution in [3.05, 3.63) is 52.0 Å². The van der Waals surface area contributed by atoms with Gasteiger partial charge in [0.05, 0.1) is 17.8 Å². The van der Waals surface area contributed by atoms with Crippen molar-refractivity contribution < 1.29 is 17.9 Å². The molecule has 2 aromatic rings. The van der Waals surface area contributed by atoms with Gasteiger partial charge in [0.1, 0.15) is 10.6 Å². The van der Waals surface area contributed by atoms with Gasteiger partial charge in [-0.05, 0) is 36.4 Å². The molecule has 1 amide bonds. The van der Waals surface area contributed by atoms with E-state index in [1.807, 2.05) is 0 Å². The van der Waals surface area contributed by atoms with E-state index in [2.05, 4.69) is 5.32 Å². The highest BCUT2D eigenvalue weighted by molar-refractivity contribution is 7.89. The van der Waals surface area contributed by atoms with E-state index in [0.29, 0.717) is 29.5 Å². The highest BCUT2D eigenvalue weighted by Crippen LogP contribution is 2.29. The van der Waals surface area contributed by atoms with Crippen LogP contribution >= 0.6 is 23.2 Å². The molecule has 0 atom stereocenters. The lowest BCUT2D eigenvalue weighted by atomic mass is 10.2. The number of methoxy groups -OCH3 is 1. The van der Waals surface area contributed by atoms with Crippen LogP contribution in [0.1, 0.15) is 24.2 Å². The second-order valence-electron chi connectivity index (χ2n) is 5.53. The number of amides is 1. The molecule has 0 fully saturated rings. The SMILES string of the molecule is CCN(CC)S(=O)(=O)c1cc(C(=O)Nc2cc(Cl)ccc2OC)ccc1Cl. The van der Waals surface area contributed by atoms with Crippen LogP contribution in [0.2, 0.25) is 10.0 Å². The smallest absolute Gasteiger partial charge is 0.255 e. The van der Waals surface area contributed by atoms with Gasteiger partial charge >= 0.3 is 0 Å². The summed E-state index contributed by atoms with van der Waals surface area (Å²) in [5.74, 6) is -0.0825. The number of carbonyl (C=O) groups is 1. The van der Waals surface area contributed by atoms with Crippen LogP contribution < -0.4 is 10.1 Å². The van der Waals surface area contributed by atoms with E-state index in [0.717, 1.165) is 0 Å². The van der Waals surface area contributed by atoms with Gasteiger partial charge in [0, 0.05) is 23.7 Å². The highest BCUT2D eigenvalue weighted by Gasteiger charge is 2.25. The molecule has 1 N–H and O–H groups in total. The lowest BCUT2D eigenvalue weighted by Crippen LogP contribution is -2.31. The first-order chi connectivity index (χ1) is 12.7. The Bertz CT molecular complexity index is 944. The summed E-state index contributed by atoms with van der Waals surface area (Å²) in [5, 5.41) is 3.15. The summed E-state index contributed by atoms with van der Waals surface area (Å²) in [4.78, 5) is 12.5. The number of halogens is 2. The topological polar surface area (TPSA) is 75.7 Å². The van der Waals surface area contributed by atoms with E-state index in [-0.39, 0.29) is 15.5 Å². The number of nitrogens with zero attached hydrogens (tertiary/aromatic N) is 1. The number of hydrogen-bond donors (Lipinski definition) is 1. The lowest BCUT2D eigenvalue weighted by molar-refractivity contribution is 0.102. The first-order valence-electron chi connectivity index (χ1n) is 8.19. The molecule has 0 radical (unpaired) electrons. The predicted molar refractivity (Wildman–Crippen MR) is 108 cm³/mol. The zero-order valence-electron chi connectivity index (χ0n) is 15.1. The Morgan fingerprint density at radius 2 is 1.78 bits per heavy atom. The largest absolute Gasteiger partial charge is 0.495 e. The third kappa shape index (κ3) is 4.73. The number of carbonyl (C=O) groups excluding carboxylic acids is 1. The zero-order chi connectivity index (χ0) is 20.2. The van der Waals surface area contributed by atoms with E-state index < -0.39 is 15.9 Å². The van der Waals surface area contributed by atoms with Gasteiger partial charge in [0.25, 0.3) is 5.91 Å². The van der Waals surface area contributed by atoms with E-state index in [4.69, 9.17) is 27.9 Å². The molecular weight excluding hydrogens is 411 g/mol. The molecule has 146 valence electrons. The molecule has 9 heteroatoms. The van der Waals surface area contributed by atoms with Crippen molar-refractivity contribution in [2.24, 2.45) is 0 Å². The maximum atomic E-state index is 12.8. The fourth-order valence-corrected chi connectivity index (χ4v) is 4.65. The Morgan fingerprint density at radius 1 is 1.11 bits per heavy atom. The van der Waals surface area contributed by atoms with Gasteiger partial charge in [0.2, 0.25) is 10.0 Å². The molecule has 0 unspecified atom stereocenters. The molecule has 0 aliphatic rings. The second-order valence-corrected chi connectivity index (χ2v) is 8.28. The predicted octanol–water partition coefficient (Wildman–Crippen LogP) is 4.28. The van der Waals surface area contributed by atoms with Crippen LogP contribution in [0.15, 0.2) is 41.3 Å². The van der Waals surface area contributed by atoms with Crippen LogP contribution in [0.3, 0.4) is 0 Å². The molecule has 6 nitrogen and oxygen atoms in total. The van der Waals surface area contributed by atoms with Crippen LogP contribution in [0.4, 0.5) is 5.69 Å². The minimum atomic E-state index is -3.80. The van der Waals surface area contributed by atoms with Crippen LogP contribution in [-0.4, -0.2) is 38.8 Å². The number of ether oxygens (including phenoxy) is 1. The normalized spacial score (nSPS) is 11.5. The van der Waals surface area contributed by atoms with Gasteiger partial charge in [-0.15, -0.1) is 0 Å². The first kappa shape index (κ1) is 21.5. The molecule has 2 rings (SSSR count). The van der Waals surface area contributed by atoms with Gasteiger partial charge < -0.3 is 10.1 Å². The van der Waals surface area contributed by atoms with Gasteiger partial charge in [-0.2, -0.15) is 4.31 Å². The van der Waals surface area contributed by atoms with Crippen molar-refractivity contribution in [3.63, 3.8) is 0 Å². The number of sulfonamides is 1.